The lowest BCUT2D eigenvalue weighted by Crippen LogP contribution is -2.10. The molecular formula is C16H32O. The highest BCUT2D eigenvalue weighted by molar-refractivity contribution is 5.80. The Morgan fingerprint density at radius 2 is 1.35 bits per heavy atom. The molecule has 0 rings (SSSR count). The zero-order valence-electron chi connectivity index (χ0n) is 12.3. The molecule has 0 radical (unpaired) electrons. The van der Waals surface area contributed by atoms with Crippen molar-refractivity contribution in [2.24, 2.45) is 5.92 Å². The lowest BCUT2D eigenvalue weighted by atomic mass is 9.95. The molecule has 0 N–H and O–H groups in total. The number of ketones is 1. The number of hydrogen-bond acceptors (Lipinski definition) is 1. The topological polar surface area (TPSA) is 17.1 Å². The van der Waals surface area contributed by atoms with Gasteiger partial charge in [0.15, 0.2) is 0 Å². The Labute approximate surface area is 108 Å². The van der Waals surface area contributed by atoms with Crippen LogP contribution in [0.2, 0.25) is 0 Å². The van der Waals surface area contributed by atoms with Crippen LogP contribution in [0.1, 0.15) is 91.4 Å². The van der Waals surface area contributed by atoms with Gasteiger partial charge in [-0.3, -0.25) is 4.79 Å². The van der Waals surface area contributed by atoms with Crippen molar-refractivity contribution in [1.29, 1.82) is 0 Å². The molecule has 17 heavy (non-hydrogen) atoms. The van der Waals surface area contributed by atoms with E-state index in [9.17, 15) is 4.79 Å². The van der Waals surface area contributed by atoms with E-state index in [4.69, 9.17) is 0 Å². The van der Waals surface area contributed by atoms with Gasteiger partial charge in [-0.25, -0.2) is 0 Å². The number of Topliss-reactive ketones (excluding diaryl/α,β-unsaturated/α-hetero) is 1. The molecule has 0 amide bonds. The highest BCUT2D eigenvalue weighted by Gasteiger charge is 2.11. The Morgan fingerprint density at radius 3 is 1.94 bits per heavy atom. The molecule has 0 saturated carbocycles. The minimum Gasteiger partial charge on any atom is -0.299 e. The zero-order valence-corrected chi connectivity index (χ0v) is 12.3. The maximum Gasteiger partial charge on any atom is 0.135 e. The molecule has 0 aliphatic rings. The first-order valence-electron chi connectivity index (χ1n) is 7.75. The Hall–Kier alpha value is -0.330. The first-order valence-corrected chi connectivity index (χ1v) is 7.75. The summed E-state index contributed by atoms with van der Waals surface area (Å²) >= 11 is 0. The van der Waals surface area contributed by atoms with Crippen LogP contribution in [0.5, 0.6) is 0 Å². The number of carbonyl (C=O) groups is 1. The predicted molar refractivity (Wildman–Crippen MR) is 76.3 cm³/mol. The molecule has 0 aromatic rings. The van der Waals surface area contributed by atoms with E-state index in [1.165, 1.54) is 51.4 Å². The minimum atomic E-state index is 0.304. The van der Waals surface area contributed by atoms with E-state index >= 15 is 0 Å². The summed E-state index contributed by atoms with van der Waals surface area (Å²) in [5.74, 6) is 0.802. The van der Waals surface area contributed by atoms with E-state index in [2.05, 4.69) is 20.8 Å². The van der Waals surface area contributed by atoms with Gasteiger partial charge in [-0.05, 0) is 12.8 Å². The molecule has 102 valence electrons. The monoisotopic (exact) mass is 240 g/mol. The lowest BCUT2D eigenvalue weighted by Gasteiger charge is -2.09. The molecule has 1 unspecified atom stereocenters. The number of hydrogen-bond donors (Lipinski definition) is 0. The van der Waals surface area contributed by atoms with Gasteiger partial charge in [0.25, 0.3) is 0 Å². The van der Waals surface area contributed by atoms with Gasteiger partial charge < -0.3 is 0 Å². The normalized spacial score (nSPS) is 12.6. The lowest BCUT2D eigenvalue weighted by molar-refractivity contribution is -0.122. The van der Waals surface area contributed by atoms with Gasteiger partial charge in [0, 0.05) is 12.3 Å². The summed E-state index contributed by atoms with van der Waals surface area (Å²) in [6, 6.07) is 0. The quantitative estimate of drug-likeness (QED) is 0.410. The maximum absolute atomic E-state index is 11.8. The van der Waals surface area contributed by atoms with Gasteiger partial charge in [-0.2, -0.15) is 0 Å². The summed E-state index contributed by atoms with van der Waals surface area (Å²) in [5.41, 5.74) is 0. The number of unbranched alkanes of at least 4 members (excludes halogenated alkanes) is 7. The van der Waals surface area contributed by atoms with Crippen molar-refractivity contribution < 1.29 is 4.79 Å². The maximum atomic E-state index is 11.8. The van der Waals surface area contributed by atoms with Crippen LogP contribution in [0.25, 0.3) is 0 Å². The highest BCUT2D eigenvalue weighted by atomic mass is 16.1. The van der Waals surface area contributed by atoms with Crippen molar-refractivity contribution in [3.8, 4) is 0 Å². The Kier molecular flexibility index (Phi) is 11.9. The molecule has 1 atom stereocenters. The fourth-order valence-electron chi connectivity index (χ4n) is 2.19. The summed E-state index contributed by atoms with van der Waals surface area (Å²) in [6.07, 6.45) is 13.3. The van der Waals surface area contributed by atoms with Gasteiger partial charge in [-0.1, -0.05) is 72.1 Å². The molecule has 0 aromatic carbocycles. The van der Waals surface area contributed by atoms with Crippen LogP contribution in [0.15, 0.2) is 0 Å². The van der Waals surface area contributed by atoms with Crippen LogP contribution in [0.4, 0.5) is 0 Å². The average Bonchev–Trinajstić information content (AvgIpc) is 2.34. The number of rotatable bonds is 12. The van der Waals surface area contributed by atoms with Crippen LogP contribution < -0.4 is 0 Å². The summed E-state index contributed by atoms with van der Waals surface area (Å²) < 4.78 is 0. The van der Waals surface area contributed by atoms with E-state index in [-0.39, 0.29) is 0 Å². The van der Waals surface area contributed by atoms with Gasteiger partial charge >= 0.3 is 0 Å². The zero-order chi connectivity index (χ0) is 12.9. The highest BCUT2D eigenvalue weighted by Crippen LogP contribution is 2.15. The molecule has 1 nitrogen and oxygen atoms in total. The van der Waals surface area contributed by atoms with Crippen molar-refractivity contribution in [2.75, 3.05) is 0 Å². The summed E-state index contributed by atoms with van der Waals surface area (Å²) in [4.78, 5) is 11.8. The summed E-state index contributed by atoms with van der Waals surface area (Å²) in [5, 5.41) is 0. The standard InChI is InChI=1S/C16H32O/c1-4-6-8-10-12-14-16(17)15(3)13-11-9-7-5-2/h15H,4-14H2,1-3H3. The van der Waals surface area contributed by atoms with Crippen molar-refractivity contribution in [1.82, 2.24) is 0 Å². The fraction of sp³-hybridized carbons (Fsp3) is 0.938. The van der Waals surface area contributed by atoms with Gasteiger partial charge in [0.2, 0.25) is 0 Å². The van der Waals surface area contributed by atoms with E-state index in [1.807, 2.05) is 0 Å². The van der Waals surface area contributed by atoms with E-state index in [0.29, 0.717) is 11.7 Å². The van der Waals surface area contributed by atoms with Crippen molar-refractivity contribution in [3.63, 3.8) is 0 Å². The molecule has 0 fully saturated rings. The molecular weight excluding hydrogens is 208 g/mol. The molecule has 1 heteroatoms. The molecule has 0 aromatic heterocycles. The molecule has 0 aliphatic heterocycles. The van der Waals surface area contributed by atoms with Crippen LogP contribution in [-0.2, 0) is 4.79 Å². The van der Waals surface area contributed by atoms with Crippen LogP contribution in [0, 0.1) is 5.92 Å². The summed E-state index contributed by atoms with van der Waals surface area (Å²) in [6.45, 7) is 6.56. The average molecular weight is 240 g/mol. The Morgan fingerprint density at radius 1 is 0.824 bits per heavy atom. The molecule has 0 bridgehead atoms. The van der Waals surface area contributed by atoms with Crippen LogP contribution in [0.3, 0.4) is 0 Å². The number of carbonyl (C=O) groups excluding carboxylic acids is 1. The van der Waals surface area contributed by atoms with E-state index in [1.54, 1.807) is 0 Å². The molecule has 0 heterocycles. The fourth-order valence-corrected chi connectivity index (χ4v) is 2.19. The van der Waals surface area contributed by atoms with Crippen molar-refractivity contribution >= 4 is 5.78 Å². The molecule has 0 aliphatic carbocycles. The van der Waals surface area contributed by atoms with E-state index in [0.717, 1.165) is 19.3 Å². The second-order valence-corrected chi connectivity index (χ2v) is 5.38. The third kappa shape index (κ3) is 10.5. The van der Waals surface area contributed by atoms with E-state index < -0.39 is 0 Å². The predicted octanol–water partition coefficient (Wildman–Crippen LogP) is 5.52. The Bertz CT molecular complexity index is 174. The third-order valence-corrected chi connectivity index (χ3v) is 3.57. The molecule has 0 spiro atoms. The molecule has 0 saturated heterocycles. The third-order valence-electron chi connectivity index (χ3n) is 3.57. The van der Waals surface area contributed by atoms with Gasteiger partial charge in [0.05, 0.1) is 0 Å². The minimum absolute atomic E-state index is 0.304. The van der Waals surface area contributed by atoms with Gasteiger partial charge in [0.1, 0.15) is 5.78 Å². The van der Waals surface area contributed by atoms with Gasteiger partial charge in [-0.15, -0.1) is 0 Å². The van der Waals surface area contributed by atoms with Crippen LogP contribution in [-0.4, -0.2) is 5.78 Å². The SMILES string of the molecule is CCCCCCCC(=O)C(C)CCCCCC. The summed E-state index contributed by atoms with van der Waals surface area (Å²) in [7, 11) is 0. The second kappa shape index (κ2) is 12.1. The second-order valence-electron chi connectivity index (χ2n) is 5.38. The Balaban J connectivity index is 3.40. The largest absolute Gasteiger partial charge is 0.299 e. The van der Waals surface area contributed by atoms with Crippen molar-refractivity contribution in [2.45, 2.75) is 91.4 Å². The van der Waals surface area contributed by atoms with Crippen molar-refractivity contribution in [3.05, 3.63) is 0 Å². The first-order chi connectivity index (χ1) is 8.22. The van der Waals surface area contributed by atoms with Crippen LogP contribution >= 0.6 is 0 Å². The smallest absolute Gasteiger partial charge is 0.135 e. The first kappa shape index (κ1) is 16.7.